The van der Waals surface area contributed by atoms with Crippen LogP contribution in [0.15, 0.2) is 23.1 Å². The molecule has 0 amide bonds. The molecule has 0 spiro atoms. The lowest BCUT2D eigenvalue weighted by atomic mass is 10.2. The predicted octanol–water partition coefficient (Wildman–Crippen LogP) is 1.04. The van der Waals surface area contributed by atoms with Gasteiger partial charge in [0.2, 0.25) is 10.0 Å². The summed E-state index contributed by atoms with van der Waals surface area (Å²) in [7, 11) is -3.88. The van der Waals surface area contributed by atoms with E-state index >= 15 is 0 Å². The molecule has 0 aliphatic rings. The van der Waals surface area contributed by atoms with Crippen molar-refractivity contribution in [3.8, 4) is 0 Å². The lowest BCUT2D eigenvalue weighted by Gasteiger charge is -2.29. The summed E-state index contributed by atoms with van der Waals surface area (Å²) in [5, 5.41) is 4.97. The molecule has 0 aliphatic carbocycles. The zero-order chi connectivity index (χ0) is 14.6. The molecule has 0 radical (unpaired) electrons. The number of anilines is 1. The number of primary sulfonamides is 1. The molecule has 0 saturated heterocycles. The van der Waals surface area contributed by atoms with Crippen LogP contribution in [0.25, 0.3) is 0 Å². The van der Waals surface area contributed by atoms with E-state index < -0.39 is 15.8 Å². The van der Waals surface area contributed by atoms with Gasteiger partial charge in [0.15, 0.2) is 0 Å². The molecule has 19 heavy (non-hydrogen) atoms. The number of halogens is 1. The molecule has 4 N–H and O–H groups in total. The fraction of sp³-hybridized carbons (Fsp3) is 0.500. The maximum absolute atomic E-state index is 14.0. The van der Waals surface area contributed by atoms with Crippen molar-refractivity contribution in [3.63, 3.8) is 0 Å². The van der Waals surface area contributed by atoms with Crippen LogP contribution in [0.5, 0.6) is 0 Å². The molecule has 1 rings (SSSR count). The first-order chi connectivity index (χ1) is 8.77. The number of nitrogens with zero attached hydrogens (tertiary/aromatic N) is 1. The number of nitrogens with two attached hydrogens (primary N) is 2. The Balaban J connectivity index is 3.12. The van der Waals surface area contributed by atoms with Crippen LogP contribution in [0.1, 0.15) is 20.3 Å². The molecule has 0 unspecified atom stereocenters. The second-order valence-corrected chi connectivity index (χ2v) is 6.15. The summed E-state index contributed by atoms with van der Waals surface area (Å²) in [5.41, 5.74) is 5.82. The summed E-state index contributed by atoms with van der Waals surface area (Å²) in [4.78, 5) is 1.62. The first-order valence-electron chi connectivity index (χ1n) is 6.06. The summed E-state index contributed by atoms with van der Waals surface area (Å²) in [6, 6.07) is 3.78. The van der Waals surface area contributed by atoms with Gasteiger partial charge in [-0.15, -0.1) is 0 Å². The van der Waals surface area contributed by atoms with E-state index in [9.17, 15) is 12.8 Å². The number of rotatable bonds is 6. The van der Waals surface area contributed by atoms with E-state index in [1.807, 2.05) is 18.7 Å². The molecule has 0 heterocycles. The Morgan fingerprint density at radius 1 is 1.37 bits per heavy atom. The Labute approximate surface area is 113 Å². The van der Waals surface area contributed by atoms with Crippen molar-refractivity contribution in [2.24, 2.45) is 10.9 Å². The molecule has 7 heteroatoms. The number of sulfonamides is 1. The van der Waals surface area contributed by atoms with E-state index in [4.69, 9.17) is 10.9 Å². The summed E-state index contributed by atoms with van der Waals surface area (Å²) in [6.45, 7) is 4.99. The smallest absolute Gasteiger partial charge is 0.238 e. The highest BCUT2D eigenvalue weighted by Crippen LogP contribution is 2.24. The van der Waals surface area contributed by atoms with Crippen LogP contribution >= 0.6 is 0 Å². The quantitative estimate of drug-likeness (QED) is 0.818. The molecular formula is C12H20FN3O2S. The summed E-state index contributed by atoms with van der Waals surface area (Å²) in [5.74, 6) is -0.600. The maximum atomic E-state index is 14.0. The summed E-state index contributed by atoms with van der Waals surface area (Å²) < 4.78 is 36.3. The fourth-order valence-corrected chi connectivity index (χ4v) is 2.34. The van der Waals surface area contributed by atoms with Crippen LogP contribution in [-0.4, -0.2) is 27.5 Å². The van der Waals surface area contributed by atoms with Crippen LogP contribution in [0, 0.1) is 5.82 Å². The SMILES string of the molecule is CC(C)N(CCCN)c1ccc(S(N)(=O)=O)cc1F. The Hall–Kier alpha value is -1.18. The molecule has 0 saturated carbocycles. The lowest BCUT2D eigenvalue weighted by molar-refractivity contribution is 0.582. The molecule has 1 aromatic rings. The first-order valence-corrected chi connectivity index (χ1v) is 7.61. The maximum Gasteiger partial charge on any atom is 0.238 e. The molecule has 0 aliphatic heterocycles. The average molecular weight is 289 g/mol. The third-order valence-electron chi connectivity index (χ3n) is 2.78. The molecule has 5 nitrogen and oxygen atoms in total. The van der Waals surface area contributed by atoms with E-state index in [-0.39, 0.29) is 10.9 Å². The third kappa shape index (κ3) is 4.15. The van der Waals surface area contributed by atoms with E-state index in [1.165, 1.54) is 12.1 Å². The lowest BCUT2D eigenvalue weighted by Crippen LogP contribution is -2.33. The van der Waals surface area contributed by atoms with Crippen LogP contribution in [0.2, 0.25) is 0 Å². The van der Waals surface area contributed by atoms with Gasteiger partial charge in [-0.05, 0) is 45.0 Å². The largest absolute Gasteiger partial charge is 0.367 e. The van der Waals surface area contributed by atoms with Gasteiger partial charge in [0.05, 0.1) is 10.6 Å². The van der Waals surface area contributed by atoms with Gasteiger partial charge < -0.3 is 10.6 Å². The van der Waals surface area contributed by atoms with Crippen LogP contribution in [0.4, 0.5) is 10.1 Å². The molecule has 0 atom stereocenters. The van der Waals surface area contributed by atoms with Crippen LogP contribution < -0.4 is 15.8 Å². The standard InChI is InChI=1S/C12H20FN3O2S/c1-9(2)16(7-3-6-14)12-5-4-10(8-11(12)13)19(15,17)18/h4-5,8-9H,3,6-7,14H2,1-2H3,(H2,15,17,18). The van der Waals surface area contributed by atoms with Crippen molar-refractivity contribution in [2.45, 2.75) is 31.2 Å². The van der Waals surface area contributed by atoms with Crippen LogP contribution in [-0.2, 0) is 10.0 Å². The monoisotopic (exact) mass is 289 g/mol. The minimum Gasteiger partial charge on any atom is -0.367 e. The highest BCUT2D eigenvalue weighted by atomic mass is 32.2. The normalized spacial score (nSPS) is 11.9. The van der Waals surface area contributed by atoms with E-state index in [0.29, 0.717) is 18.8 Å². The van der Waals surface area contributed by atoms with Gasteiger partial charge in [-0.1, -0.05) is 0 Å². The van der Waals surface area contributed by atoms with E-state index in [1.54, 1.807) is 0 Å². The van der Waals surface area contributed by atoms with Crippen molar-refractivity contribution in [1.29, 1.82) is 0 Å². The predicted molar refractivity (Wildman–Crippen MR) is 73.9 cm³/mol. The highest BCUT2D eigenvalue weighted by molar-refractivity contribution is 7.89. The number of hydrogen-bond donors (Lipinski definition) is 2. The van der Waals surface area contributed by atoms with Gasteiger partial charge in [0.1, 0.15) is 5.82 Å². The summed E-state index contributed by atoms with van der Waals surface area (Å²) in [6.07, 6.45) is 0.731. The summed E-state index contributed by atoms with van der Waals surface area (Å²) >= 11 is 0. The van der Waals surface area contributed by atoms with Gasteiger partial charge in [-0.25, -0.2) is 17.9 Å². The topological polar surface area (TPSA) is 89.4 Å². The van der Waals surface area contributed by atoms with Gasteiger partial charge in [0, 0.05) is 12.6 Å². The van der Waals surface area contributed by atoms with Crippen molar-refractivity contribution < 1.29 is 12.8 Å². The molecular weight excluding hydrogens is 269 g/mol. The molecule has 108 valence electrons. The van der Waals surface area contributed by atoms with Crippen molar-refractivity contribution in [3.05, 3.63) is 24.0 Å². The Bertz CT molecular complexity index is 532. The van der Waals surface area contributed by atoms with Crippen molar-refractivity contribution in [2.75, 3.05) is 18.0 Å². The Kier molecular flexibility index (Phi) is 5.28. The van der Waals surface area contributed by atoms with Gasteiger partial charge in [-0.2, -0.15) is 0 Å². The molecule has 0 aromatic heterocycles. The minimum absolute atomic E-state index is 0.0846. The Morgan fingerprint density at radius 2 is 2.00 bits per heavy atom. The number of benzene rings is 1. The zero-order valence-electron chi connectivity index (χ0n) is 11.1. The van der Waals surface area contributed by atoms with E-state index in [2.05, 4.69) is 0 Å². The zero-order valence-corrected chi connectivity index (χ0v) is 12.0. The van der Waals surface area contributed by atoms with E-state index in [0.717, 1.165) is 12.5 Å². The Morgan fingerprint density at radius 3 is 2.42 bits per heavy atom. The molecule has 0 bridgehead atoms. The van der Waals surface area contributed by atoms with Gasteiger partial charge >= 0.3 is 0 Å². The van der Waals surface area contributed by atoms with Crippen LogP contribution in [0.3, 0.4) is 0 Å². The minimum atomic E-state index is -3.88. The second-order valence-electron chi connectivity index (χ2n) is 4.59. The average Bonchev–Trinajstić information content (AvgIpc) is 2.29. The molecule has 1 aromatic carbocycles. The number of hydrogen-bond acceptors (Lipinski definition) is 4. The fourth-order valence-electron chi connectivity index (χ4n) is 1.82. The van der Waals surface area contributed by atoms with Gasteiger partial charge in [0.25, 0.3) is 0 Å². The van der Waals surface area contributed by atoms with Gasteiger partial charge in [-0.3, -0.25) is 0 Å². The second kappa shape index (κ2) is 6.31. The first kappa shape index (κ1) is 15.9. The van der Waals surface area contributed by atoms with Crippen molar-refractivity contribution >= 4 is 15.7 Å². The highest BCUT2D eigenvalue weighted by Gasteiger charge is 2.17. The third-order valence-corrected chi connectivity index (χ3v) is 3.69. The molecule has 0 fully saturated rings. The van der Waals surface area contributed by atoms with Crippen molar-refractivity contribution in [1.82, 2.24) is 0 Å².